The third kappa shape index (κ3) is 1.56. The average molecular weight is 177 g/mol. The number of ether oxygens (including phenoxy) is 1. The predicted molar refractivity (Wildman–Crippen MR) is 39.3 cm³/mol. The third-order valence-corrected chi connectivity index (χ3v) is 2.03. The molecule has 0 radical (unpaired) electrons. The Labute approximate surface area is 69.7 Å². The molecular formula is C7H12FNO3. The molecule has 1 saturated heterocycles. The van der Waals surface area contributed by atoms with Crippen LogP contribution in [-0.4, -0.2) is 43.6 Å². The Balaban J connectivity index is 2.60. The van der Waals surface area contributed by atoms with Gasteiger partial charge >= 0.3 is 0 Å². The van der Waals surface area contributed by atoms with Crippen LogP contribution in [0, 0.1) is 5.92 Å². The lowest BCUT2D eigenvalue weighted by Crippen LogP contribution is -2.34. The van der Waals surface area contributed by atoms with Crippen molar-refractivity contribution in [3.63, 3.8) is 0 Å². The molecule has 0 aliphatic carbocycles. The van der Waals surface area contributed by atoms with Crippen LogP contribution in [0.4, 0.5) is 4.39 Å². The van der Waals surface area contributed by atoms with Crippen molar-refractivity contribution >= 4 is 5.91 Å². The molecule has 0 aromatic carbocycles. The SMILES string of the molecule is COC[C@@H]1[C@H](F)C(=O)N[C@@H]1CO. The molecule has 0 aromatic rings. The summed E-state index contributed by atoms with van der Waals surface area (Å²) in [7, 11) is 1.43. The molecule has 1 aliphatic rings. The van der Waals surface area contributed by atoms with Crippen LogP contribution in [0.5, 0.6) is 0 Å². The number of alkyl halides is 1. The number of hydrogen-bond donors (Lipinski definition) is 2. The number of amides is 1. The summed E-state index contributed by atoms with van der Waals surface area (Å²) in [5.74, 6) is -1.22. The number of rotatable bonds is 3. The average Bonchev–Trinajstić information content (AvgIpc) is 2.33. The second-order valence-corrected chi connectivity index (χ2v) is 2.82. The fraction of sp³-hybridized carbons (Fsp3) is 0.857. The number of aliphatic hydroxyl groups is 1. The van der Waals surface area contributed by atoms with Gasteiger partial charge in [-0.15, -0.1) is 0 Å². The van der Waals surface area contributed by atoms with Crippen molar-refractivity contribution < 1.29 is 19.0 Å². The lowest BCUT2D eigenvalue weighted by molar-refractivity contribution is -0.124. The van der Waals surface area contributed by atoms with Crippen molar-refractivity contribution in [3.8, 4) is 0 Å². The zero-order valence-corrected chi connectivity index (χ0v) is 6.79. The van der Waals surface area contributed by atoms with Gasteiger partial charge in [0.1, 0.15) is 0 Å². The normalized spacial score (nSPS) is 35.2. The Morgan fingerprint density at radius 3 is 2.92 bits per heavy atom. The van der Waals surface area contributed by atoms with Crippen molar-refractivity contribution in [1.29, 1.82) is 0 Å². The first kappa shape index (κ1) is 9.41. The van der Waals surface area contributed by atoms with Gasteiger partial charge in [-0.1, -0.05) is 0 Å². The summed E-state index contributed by atoms with van der Waals surface area (Å²) < 4.78 is 17.7. The molecule has 12 heavy (non-hydrogen) atoms. The minimum atomic E-state index is -1.55. The van der Waals surface area contributed by atoms with Gasteiger partial charge in [0.15, 0.2) is 6.17 Å². The summed E-state index contributed by atoms with van der Waals surface area (Å²) in [5, 5.41) is 11.1. The van der Waals surface area contributed by atoms with E-state index in [-0.39, 0.29) is 13.2 Å². The van der Waals surface area contributed by atoms with E-state index in [9.17, 15) is 9.18 Å². The van der Waals surface area contributed by atoms with Crippen LogP contribution in [0.25, 0.3) is 0 Å². The molecule has 1 amide bonds. The minimum absolute atomic E-state index is 0.144. The number of hydrogen-bond acceptors (Lipinski definition) is 3. The highest BCUT2D eigenvalue weighted by molar-refractivity contribution is 5.83. The number of carbonyl (C=O) groups excluding carboxylic acids is 1. The lowest BCUT2D eigenvalue weighted by atomic mass is 10.0. The molecule has 5 heteroatoms. The number of carbonyl (C=O) groups is 1. The Bertz CT molecular complexity index is 176. The van der Waals surface area contributed by atoms with E-state index in [0.717, 1.165) is 0 Å². The molecule has 3 atom stereocenters. The van der Waals surface area contributed by atoms with E-state index in [0.29, 0.717) is 0 Å². The van der Waals surface area contributed by atoms with Crippen LogP contribution in [0.2, 0.25) is 0 Å². The van der Waals surface area contributed by atoms with E-state index in [4.69, 9.17) is 9.84 Å². The molecule has 70 valence electrons. The van der Waals surface area contributed by atoms with Crippen molar-refractivity contribution in [1.82, 2.24) is 5.32 Å². The van der Waals surface area contributed by atoms with E-state index >= 15 is 0 Å². The highest BCUT2D eigenvalue weighted by atomic mass is 19.1. The van der Waals surface area contributed by atoms with Gasteiger partial charge in [-0.3, -0.25) is 4.79 Å². The lowest BCUT2D eigenvalue weighted by Gasteiger charge is -2.15. The molecule has 2 N–H and O–H groups in total. The predicted octanol–water partition coefficient (Wildman–Crippen LogP) is -0.922. The number of methoxy groups -OCH3 is 1. The first-order chi connectivity index (χ1) is 5.70. The summed E-state index contributed by atoms with van der Waals surface area (Å²) in [6.45, 7) is -0.106. The smallest absolute Gasteiger partial charge is 0.255 e. The topological polar surface area (TPSA) is 58.6 Å². The summed E-state index contributed by atoms with van der Waals surface area (Å²) in [4.78, 5) is 10.8. The maximum absolute atomic E-state index is 13.0. The highest BCUT2D eigenvalue weighted by Crippen LogP contribution is 2.20. The van der Waals surface area contributed by atoms with E-state index < -0.39 is 24.0 Å². The van der Waals surface area contributed by atoms with Crippen molar-refractivity contribution in [2.75, 3.05) is 20.3 Å². The van der Waals surface area contributed by atoms with E-state index in [1.165, 1.54) is 7.11 Å². The second kappa shape index (κ2) is 3.82. The van der Waals surface area contributed by atoms with E-state index in [2.05, 4.69) is 5.32 Å². The summed E-state index contributed by atoms with van der Waals surface area (Å²) in [6, 6.07) is -0.507. The molecule has 0 unspecified atom stereocenters. The van der Waals surface area contributed by atoms with Gasteiger partial charge in [0.05, 0.1) is 19.3 Å². The van der Waals surface area contributed by atoms with Gasteiger partial charge in [-0.25, -0.2) is 4.39 Å². The Morgan fingerprint density at radius 2 is 2.42 bits per heavy atom. The Hall–Kier alpha value is -0.680. The molecule has 0 bridgehead atoms. The zero-order valence-electron chi connectivity index (χ0n) is 6.79. The molecule has 0 saturated carbocycles. The van der Waals surface area contributed by atoms with E-state index in [1.54, 1.807) is 0 Å². The maximum atomic E-state index is 13.0. The van der Waals surface area contributed by atoms with Crippen molar-refractivity contribution in [2.24, 2.45) is 5.92 Å². The standard InChI is InChI=1S/C7H12FNO3/c1-12-3-4-5(2-10)9-7(11)6(4)8/h4-6,10H,2-3H2,1H3,(H,9,11)/t4-,5+,6-/m0/s1. The molecule has 1 fully saturated rings. The van der Waals surface area contributed by atoms with Crippen LogP contribution in [-0.2, 0) is 9.53 Å². The molecule has 1 heterocycles. The van der Waals surface area contributed by atoms with Gasteiger partial charge in [0.25, 0.3) is 5.91 Å². The molecule has 4 nitrogen and oxygen atoms in total. The quantitative estimate of drug-likeness (QED) is 0.586. The first-order valence-electron chi connectivity index (χ1n) is 3.75. The number of halogens is 1. The fourth-order valence-electron chi connectivity index (χ4n) is 1.34. The van der Waals surface area contributed by atoms with Crippen LogP contribution >= 0.6 is 0 Å². The van der Waals surface area contributed by atoms with Gasteiger partial charge in [0, 0.05) is 13.0 Å². The molecule has 1 rings (SSSR count). The maximum Gasteiger partial charge on any atom is 0.255 e. The zero-order chi connectivity index (χ0) is 9.14. The molecule has 0 spiro atoms. The first-order valence-corrected chi connectivity index (χ1v) is 3.75. The molecular weight excluding hydrogens is 165 g/mol. The van der Waals surface area contributed by atoms with Crippen LogP contribution in [0.15, 0.2) is 0 Å². The monoisotopic (exact) mass is 177 g/mol. The minimum Gasteiger partial charge on any atom is -0.394 e. The highest BCUT2D eigenvalue weighted by Gasteiger charge is 2.42. The Kier molecular flexibility index (Phi) is 2.99. The van der Waals surface area contributed by atoms with Crippen molar-refractivity contribution in [2.45, 2.75) is 12.2 Å². The molecule has 1 aliphatic heterocycles. The largest absolute Gasteiger partial charge is 0.394 e. The van der Waals surface area contributed by atoms with Crippen molar-refractivity contribution in [3.05, 3.63) is 0 Å². The second-order valence-electron chi connectivity index (χ2n) is 2.82. The number of aliphatic hydroxyl groups excluding tert-OH is 1. The third-order valence-electron chi connectivity index (χ3n) is 2.03. The van der Waals surface area contributed by atoms with Crippen LogP contribution in [0.3, 0.4) is 0 Å². The molecule has 0 aromatic heterocycles. The van der Waals surface area contributed by atoms with E-state index in [1.807, 2.05) is 0 Å². The van der Waals surface area contributed by atoms with Gasteiger partial charge in [-0.2, -0.15) is 0 Å². The summed E-state index contributed by atoms with van der Waals surface area (Å²) in [5.41, 5.74) is 0. The summed E-state index contributed by atoms with van der Waals surface area (Å²) >= 11 is 0. The summed E-state index contributed by atoms with van der Waals surface area (Å²) in [6.07, 6.45) is -1.55. The Morgan fingerprint density at radius 1 is 1.75 bits per heavy atom. The van der Waals surface area contributed by atoms with Crippen LogP contribution < -0.4 is 5.32 Å². The van der Waals surface area contributed by atoms with Gasteiger partial charge < -0.3 is 15.2 Å². The van der Waals surface area contributed by atoms with Gasteiger partial charge in [0.2, 0.25) is 0 Å². The number of nitrogens with one attached hydrogen (secondary N) is 1. The van der Waals surface area contributed by atoms with Gasteiger partial charge in [-0.05, 0) is 0 Å². The van der Waals surface area contributed by atoms with Crippen LogP contribution in [0.1, 0.15) is 0 Å². The fourth-order valence-corrected chi connectivity index (χ4v) is 1.34.